The third-order valence-electron chi connectivity index (χ3n) is 4.97. The number of nitrogens with zero attached hydrogens (tertiary/aromatic N) is 1. The van der Waals surface area contributed by atoms with Crippen molar-refractivity contribution in [2.24, 2.45) is 10.9 Å². The van der Waals surface area contributed by atoms with Gasteiger partial charge in [0.2, 0.25) is 5.91 Å². The van der Waals surface area contributed by atoms with E-state index >= 15 is 0 Å². The molecule has 0 radical (unpaired) electrons. The molecule has 0 saturated heterocycles. The number of amides is 1. The zero-order chi connectivity index (χ0) is 19.7. The molecule has 2 aliphatic rings. The fraction of sp³-hybridized carbons (Fsp3) is 0.300. The number of halogens is 1. The van der Waals surface area contributed by atoms with Crippen LogP contribution in [-0.2, 0) is 14.8 Å². The second-order valence-electron chi connectivity index (χ2n) is 7.02. The van der Waals surface area contributed by atoms with Crippen LogP contribution in [0.25, 0.3) is 0 Å². The summed E-state index contributed by atoms with van der Waals surface area (Å²) in [6.07, 6.45) is 2.01. The van der Waals surface area contributed by atoms with Crippen molar-refractivity contribution in [1.29, 1.82) is 0 Å². The molecule has 1 heterocycles. The van der Waals surface area contributed by atoms with Crippen LogP contribution >= 0.6 is 0 Å². The smallest absolute Gasteiger partial charge is 0.262 e. The van der Waals surface area contributed by atoms with Gasteiger partial charge in [-0.15, -0.1) is 0 Å². The van der Waals surface area contributed by atoms with Gasteiger partial charge < -0.3 is 5.32 Å². The monoisotopic (exact) mass is 401 g/mol. The Bertz CT molecular complexity index is 1050. The molecule has 0 aromatic heterocycles. The maximum Gasteiger partial charge on any atom is 0.262 e. The molecule has 1 fully saturated rings. The van der Waals surface area contributed by atoms with Gasteiger partial charge in [-0.3, -0.25) is 14.5 Å². The summed E-state index contributed by atoms with van der Waals surface area (Å²) in [6.45, 7) is 0.624. The molecule has 1 aliphatic carbocycles. The first kappa shape index (κ1) is 18.6. The molecule has 146 valence electrons. The molecule has 1 amide bonds. The van der Waals surface area contributed by atoms with Crippen molar-refractivity contribution in [3.63, 3.8) is 0 Å². The fourth-order valence-corrected chi connectivity index (χ4v) is 4.55. The van der Waals surface area contributed by atoms with E-state index in [-0.39, 0.29) is 28.5 Å². The van der Waals surface area contributed by atoms with Gasteiger partial charge in [-0.25, -0.2) is 12.8 Å². The largest absolute Gasteiger partial charge is 0.326 e. The van der Waals surface area contributed by atoms with Gasteiger partial charge in [0.25, 0.3) is 10.0 Å². The third kappa shape index (κ3) is 3.91. The molecule has 2 atom stereocenters. The van der Waals surface area contributed by atoms with Crippen molar-refractivity contribution >= 4 is 27.5 Å². The molecule has 1 aliphatic heterocycles. The van der Waals surface area contributed by atoms with E-state index in [9.17, 15) is 17.6 Å². The van der Waals surface area contributed by atoms with Crippen molar-refractivity contribution in [2.75, 3.05) is 11.9 Å². The van der Waals surface area contributed by atoms with Crippen LogP contribution in [0.2, 0.25) is 0 Å². The van der Waals surface area contributed by atoms with Crippen LogP contribution in [0.4, 0.5) is 10.1 Å². The zero-order valence-electron chi connectivity index (χ0n) is 15.1. The minimum Gasteiger partial charge on any atom is -0.326 e. The predicted molar refractivity (Wildman–Crippen MR) is 104 cm³/mol. The molecule has 1 saturated carbocycles. The predicted octanol–water partition coefficient (Wildman–Crippen LogP) is 3.04. The molecule has 2 N–H and O–H groups in total. The van der Waals surface area contributed by atoms with Crippen molar-refractivity contribution in [3.8, 4) is 0 Å². The molecule has 2 aromatic rings. The van der Waals surface area contributed by atoms with E-state index in [2.05, 4.69) is 15.0 Å². The average molecular weight is 401 g/mol. The number of benzene rings is 2. The highest BCUT2D eigenvalue weighted by Crippen LogP contribution is 2.48. The highest BCUT2D eigenvalue weighted by molar-refractivity contribution is 7.90. The SMILES string of the molecule is O=C(Nc1cccc(S(=O)(=O)NC2=NCCC2)c1)C1CC1c1ccccc1F. The van der Waals surface area contributed by atoms with Crippen molar-refractivity contribution in [1.82, 2.24) is 4.72 Å². The van der Waals surface area contributed by atoms with E-state index in [0.717, 1.165) is 6.42 Å². The first-order chi connectivity index (χ1) is 13.4. The Kier molecular flexibility index (Phi) is 4.89. The number of amidine groups is 1. The Morgan fingerprint density at radius 3 is 2.71 bits per heavy atom. The average Bonchev–Trinajstić information content (AvgIpc) is 3.31. The lowest BCUT2D eigenvalue weighted by atomic mass is 10.1. The van der Waals surface area contributed by atoms with Gasteiger partial charge in [0.05, 0.1) is 4.90 Å². The van der Waals surface area contributed by atoms with Gasteiger partial charge in [0, 0.05) is 24.6 Å². The van der Waals surface area contributed by atoms with Gasteiger partial charge >= 0.3 is 0 Å². The Morgan fingerprint density at radius 2 is 1.96 bits per heavy atom. The molecule has 4 rings (SSSR count). The number of anilines is 1. The van der Waals surface area contributed by atoms with Crippen LogP contribution in [0.5, 0.6) is 0 Å². The number of aliphatic imine (C=N–C) groups is 1. The van der Waals surface area contributed by atoms with Crippen LogP contribution in [0, 0.1) is 11.7 Å². The van der Waals surface area contributed by atoms with Gasteiger partial charge in [0.15, 0.2) is 0 Å². The lowest BCUT2D eigenvalue weighted by molar-refractivity contribution is -0.117. The molecule has 2 unspecified atom stereocenters. The lowest BCUT2D eigenvalue weighted by Gasteiger charge is -2.10. The molecular weight excluding hydrogens is 381 g/mol. The van der Waals surface area contributed by atoms with Crippen LogP contribution in [0.3, 0.4) is 0 Å². The Balaban J connectivity index is 1.44. The normalized spacial score (nSPS) is 21.1. The number of carbonyl (C=O) groups excluding carboxylic acids is 1. The summed E-state index contributed by atoms with van der Waals surface area (Å²) < 4.78 is 41.4. The number of rotatable bonds is 5. The van der Waals surface area contributed by atoms with E-state index in [1.54, 1.807) is 30.3 Å². The second-order valence-corrected chi connectivity index (χ2v) is 8.71. The van der Waals surface area contributed by atoms with Crippen molar-refractivity contribution in [3.05, 3.63) is 59.9 Å². The number of sulfonamides is 1. The lowest BCUT2D eigenvalue weighted by Crippen LogP contribution is -2.29. The van der Waals surface area contributed by atoms with Gasteiger partial charge in [-0.2, -0.15) is 0 Å². The Labute approximate surface area is 162 Å². The van der Waals surface area contributed by atoms with Crippen LogP contribution in [0.1, 0.15) is 30.7 Å². The summed E-state index contributed by atoms with van der Waals surface area (Å²) >= 11 is 0. The summed E-state index contributed by atoms with van der Waals surface area (Å²) in [5.74, 6) is -0.550. The van der Waals surface area contributed by atoms with E-state index in [1.807, 2.05) is 0 Å². The fourth-order valence-electron chi connectivity index (χ4n) is 3.42. The highest BCUT2D eigenvalue weighted by atomic mass is 32.2. The second kappa shape index (κ2) is 7.35. The number of hydrogen-bond acceptors (Lipinski definition) is 4. The zero-order valence-corrected chi connectivity index (χ0v) is 15.9. The molecule has 6 nitrogen and oxygen atoms in total. The molecule has 28 heavy (non-hydrogen) atoms. The summed E-state index contributed by atoms with van der Waals surface area (Å²) in [5, 5.41) is 2.75. The first-order valence-electron chi connectivity index (χ1n) is 9.15. The summed E-state index contributed by atoms with van der Waals surface area (Å²) in [6, 6.07) is 12.5. The molecule has 0 spiro atoms. The first-order valence-corrected chi connectivity index (χ1v) is 10.6. The molecular formula is C20H20FN3O3S. The third-order valence-corrected chi connectivity index (χ3v) is 6.35. The molecule has 0 bridgehead atoms. The quantitative estimate of drug-likeness (QED) is 0.807. The maximum absolute atomic E-state index is 13.9. The van der Waals surface area contributed by atoms with Crippen molar-refractivity contribution in [2.45, 2.75) is 30.1 Å². The summed E-state index contributed by atoms with van der Waals surface area (Å²) in [7, 11) is -3.75. The topological polar surface area (TPSA) is 87.6 Å². The number of nitrogens with one attached hydrogen (secondary N) is 2. The van der Waals surface area contributed by atoms with E-state index in [1.165, 1.54) is 18.2 Å². The highest BCUT2D eigenvalue weighted by Gasteiger charge is 2.45. The van der Waals surface area contributed by atoms with E-state index in [4.69, 9.17) is 0 Å². The van der Waals surface area contributed by atoms with Crippen LogP contribution < -0.4 is 10.0 Å². The Hall–Kier alpha value is -2.74. The van der Waals surface area contributed by atoms with E-state index < -0.39 is 10.0 Å². The number of hydrogen-bond donors (Lipinski definition) is 2. The minimum absolute atomic E-state index is 0.0568. The van der Waals surface area contributed by atoms with Crippen LogP contribution in [-0.4, -0.2) is 26.7 Å². The summed E-state index contributed by atoms with van der Waals surface area (Å²) in [4.78, 5) is 16.7. The van der Waals surface area contributed by atoms with Gasteiger partial charge in [0.1, 0.15) is 11.7 Å². The Morgan fingerprint density at radius 1 is 1.14 bits per heavy atom. The minimum atomic E-state index is -3.75. The molecule has 8 heteroatoms. The number of carbonyl (C=O) groups is 1. The maximum atomic E-state index is 13.9. The van der Waals surface area contributed by atoms with Gasteiger partial charge in [-0.05, 0) is 48.6 Å². The van der Waals surface area contributed by atoms with E-state index in [0.29, 0.717) is 36.5 Å². The van der Waals surface area contributed by atoms with Crippen molar-refractivity contribution < 1.29 is 17.6 Å². The standard InChI is InChI=1S/C20H20FN3O3S/c21-18-8-2-1-7-15(18)16-12-17(16)20(25)23-13-5-3-6-14(11-13)28(26,27)24-19-9-4-10-22-19/h1-3,5-8,11,16-17H,4,9-10,12H2,(H,22,24)(H,23,25). The summed E-state index contributed by atoms with van der Waals surface area (Å²) in [5.41, 5.74) is 0.931. The van der Waals surface area contributed by atoms with Crippen LogP contribution in [0.15, 0.2) is 58.4 Å². The molecule has 2 aromatic carbocycles. The van der Waals surface area contributed by atoms with Gasteiger partial charge in [-0.1, -0.05) is 24.3 Å².